The molecule has 0 atom stereocenters. The maximum absolute atomic E-state index is 13.0. The molecule has 0 radical (unpaired) electrons. The molecule has 1 fully saturated rings. The van der Waals surface area contributed by atoms with E-state index < -0.39 is 22.6 Å². The highest BCUT2D eigenvalue weighted by Gasteiger charge is 2.31. The Morgan fingerprint density at radius 2 is 1.90 bits per heavy atom. The van der Waals surface area contributed by atoms with Crippen molar-refractivity contribution in [2.24, 2.45) is 0 Å². The maximum atomic E-state index is 13.0. The molecule has 7 nitrogen and oxygen atoms in total. The zero-order valence-electron chi connectivity index (χ0n) is 16.2. The minimum Gasteiger partial charge on any atom is -0.492 e. The van der Waals surface area contributed by atoms with Gasteiger partial charge >= 0.3 is 6.18 Å². The van der Waals surface area contributed by atoms with E-state index in [0.29, 0.717) is 18.8 Å². The summed E-state index contributed by atoms with van der Waals surface area (Å²) >= 11 is 0. The number of nitrogens with one attached hydrogen (secondary N) is 1. The first-order chi connectivity index (χ1) is 14.2. The molecule has 0 unspecified atom stereocenters. The lowest BCUT2D eigenvalue weighted by Gasteiger charge is -2.18. The van der Waals surface area contributed by atoms with E-state index in [1.54, 1.807) is 6.92 Å². The van der Waals surface area contributed by atoms with E-state index in [0.717, 1.165) is 37.1 Å². The van der Waals surface area contributed by atoms with Gasteiger partial charge in [-0.1, -0.05) is 0 Å². The second kappa shape index (κ2) is 8.60. The largest absolute Gasteiger partial charge is 0.492 e. The highest BCUT2D eigenvalue weighted by atomic mass is 19.4. The SMILES string of the molecule is CCOc1ccc(C(F)(F)F)cc1NC(=O)c1ccc(N2CCCC2)c([N+](=O)[O-])c1. The van der Waals surface area contributed by atoms with E-state index in [1.807, 2.05) is 4.90 Å². The summed E-state index contributed by atoms with van der Waals surface area (Å²) in [5.41, 5.74) is -0.953. The number of nitro groups is 1. The van der Waals surface area contributed by atoms with Crippen molar-refractivity contribution in [2.75, 3.05) is 29.9 Å². The highest BCUT2D eigenvalue weighted by molar-refractivity contribution is 6.06. The van der Waals surface area contributed by atoms with Crippen LogP contribution in [0, 0.1) is 10.1 Å². The van der Waals surface area contributed by atoms with Crippen molar-refractivity contribution in [1.29, 1.82) is 0 Å². The Kier molecular flexibility index (Phi) is 6.14. The third-order valence-corrected chi connectivity index (χ3v) is 4.74. The number of carbonyl (C=O) groups is 1. The second-order valence-corrected chi connectivity index (χ2v) is 6.75. The number of anilines is 2. The summed E-state index contributed by atoms with van der Waals surface area (Å²) < 4.78 is 44.4. The van der Waals surface area contributed by atoms with Gasteiger partial charge in [0, 0.05) is 24.7 Å². The first kappa shape index (κ1) is 21.4. The van der Waals surface area contributed by atoms with Crippen molar-refractivity contribution < 1.29 is 27.6 Å². The summed E-state index contributed by atoms with van der Waals surface area (Å²) in [6.07, 6.45) is -2.75. The molecule has 0 aliphatic carbocycles. The van der Waals surface area contributed by atoms with Crippen LogP contribution in [0.4, 0.5) is 30.2 Å². The minimum absolute atomic E-state index is 0.0375. The number of nitro benzene ring substituents is 1. The first-order valence-corrected chi connectivity index (χ1v) is 9.39. The standard InChI is InChI=1S/C20H20F3N3O4/c1-2-30-18-8-6-14(20(21,22)23)12-15(18)24-19(27)13-5-7-16(17(11-13)26(28)29)25-9-3-4-10-25/h5-8,11-12H,2-4,9-10H2,1H3,(H,24,27). The second-order valence-electron chi connectivity index (χ2n) is 6.75. The van der Waals surface area contributed by atoms with Crippen LogP contribution in [0.1, 0.15) is 35.7 Å². The zero-order chi connectivity index (χ0) is 21.9. The molecule has 160 valence electrons. The number of rotatable bonds is 6. The van der Waals surface area contributed by atoms with Crippen LogP contribution in [0.2, 0.25) is 0 Å². The normalized spacial score (nSPS) is 13.9. The van der Waals surface area contributed by atoms with Gasteiger partial charge in [-0.05, 0) is 50.1 Å². The molecule has 0 saturated carbocycles. The van der Waals surface area contributed by atoms with Gasteiger partial charge in [-0.25, -0.2) is 0 Å². The molecule has 1 heterocycles. The molecule has 3 rings (SSSR count). The molecule has 0 aromatic heterocycles. The van der Waals surface area contributed by atoms with Crippen molar-refractivity contribution in [1.82, 2.24) is 0 Å². The van der Waals surface area contributed by atoms with Gasteiger partial charge in [0.2, 0.25) is 0 Å². The average molecular weight is 423 g/mol. The molecule has 2 aromatic carbocycles. The smallest absolute Gasteiger partial charge is 0.416 e. The zero-order valence-corrected chi connectivity index (χ0v) is 16.2. The van der Waals surface area contributed by atoms with E-state index in [1.165, 1.54) is 12.1 Å². The lowest BCUT2D eigenvalue weighted by atomic mass is 10.1. The lowest BCUT2D eigenvalue weighted by molar-refractivity contribution is -0.384. The number of carbonyl (C=O) groups excluding carboxylic acids is 1. The van der Waals surface area contributed by atoms with E-state index in [9.17, 15) is 28.1 Å². The molecule has 1 saturated heterocycles. The van der Waals surface area contributed by atoms with Gasteiger partial charge in [-0.2, -0.15) is 13.2 Å². The Labute approximate surface area is 170 Å². The number of amides is 1. The van der Waals surface area contributed by atoms with E-state index in [-0.39, 0.29) is 29.3 Å². The Bertz CT molecular complexity index is 957. The third-order valence-electron chi connectivity index (χ3n) is 4.74. The van der Waals surface area contributed by atoms with Crippen molar-refractivity contribution in [3.05, 3.63) is 57.6 Å². The van der Waals surface area contributed by atoms with Crippen molar-refractivity contribution in [2.45, 2.75) is 25.9 Å². The van der Waals surface area contributed by atoms with Crippen molar-refractivity contribution in [3.8, 4) is 5.75 Å². The lowest BCUT2D eigenvalue weighted by Crippen LogP contribution is -2.20. The summed E-state index contributed by atoms with van der Waals surface area (Å²) in [7, 11) is 0. The summed E-state index contributed by atoms with van der Waals surface area (Å²) in [6, 6.07) is 6.81. The van der Waals surface area contributed by atoms with Gasteiger partial charge in [0.1, 0.15) is 11.4 Å². The van der Waals surface area contributed by atoms with Gasteiger partial charge in [0.15, 0.2) is 0 Å². The van der Waals surface area contributed by atoms with Crippen LogP contribution in [0.15, 0.2) is 36.4 Å². The maximum Gasteiger partial charge on any atom is 0.416 e. The number of hydrogen-bond acceptors (Lipinski definition) is 5. The van der Waals surface area contributed by atoms with Crippen LogP contribution >= 0.6 is 0 Å². The molecule has 1 aliphatic rings. The summed E-state index contributed by atoms with van der Waals surface area (Å²) in [5, 5.41) is 13.9. The van der Waals surface area contributed by atoms with Gasteiger partial charge in [0.05, 0.1) is 22.8 Å². The molecule has 1 amide bonds. The Hall–Kier alpha value is -3.30. The molecule has 10 heteroatoms. The molecule has 0 spiro atoms. The van der Waals surface area contributed by atoms with Crippen LogP contribution in [0.3, 0.4) is 0 Å². The van der Waals surface area contributed by atoms with Crippen LogP contribution in [0.5, 0.6) is 5.75 Å². The quantitative estimate of drug-likeness (QED) is 0.530. The van der Waals surface area contributed by atoms with Crippen LogP contribution < -0.4 is 15.0 Å². The van der Waals surface area contributed by atoms with Crippen molar-refractivity contribution in [3.63, 3.8) is 0 Å². The average Bonchev–Trinajstić information content (AvgIpc) is 3.22. The Morgan fingerprint density at radius 1 is 1.20 bits per heavy atom. The van der Waals surface area contributed by atoms with E-state index in [2.05, 4.69) is 5.32 Å². The minimum atomic E-state index is -4.60. The number of ether oxygens (including phenoxy) is 1. The third kappa shape index (κ3) is 4.64. The molecule has 1 aliphatic heterocycles. The molecular weight excluding hydrogens is 403 g/mol. The summed E-state index contributed by atoms with van der Waals surface area (Å²) in [4.78, 5) is 25.5. The van der Waals surface area contributed by atoms with E-state index >= 15 is 0 Å². The summed E-state index contributed by atoms with van der Waals surface area (Å²) in [6.45, 7) is 3.22. The highest BCUT2D eigenvalue weighted by Crippen LogP contribution is 2.36. The first-order valence-electron chi connectivity index (χ1n) is 9.39. The predicted octanol–water partition coefficient (Wildman–Crippen LogP) is 4.86. The monoisotopic (exact) mass is 423 g/mol. The number of benzene rings is 2. The molecule has 30 heavy (non-hydrogen) atoms. The molecular formula is C20H20F3N3O4. The van der Waals surface area contributed by atoms with Crippen LogP contribution in [0.25, 0.3) is 0 Å². The Balaban J connectivity index is 1.92. The van der Waals surface area contributed by atoms with Crippen LogP contribution in [-0.4, -0.2) is 30.5 Å². The van der Waals surface area contributed by atoms with Gasteiger partial charge in [0.25, 0.3) is 11.6 Å². The fraction of sp³-hybridized carbons (Fsp3) is 0.350. The number of nitrogens with zero attached hydrogens (tertiary/aromatic N) is 2. The Morgan fingerprint density at radius 3 is 2.50 bits per heavy atom. The van der Waals surface area contributed by atoms with Gasteiger partial charge in [-0.3, -0.25) is 14.9 Å². The number of halogens is 3. The number of hydrogen-bond donors (Lipinski definition) is 1. The molecule has 0 bridgehead atoms. The number of alkyl halides is 3. The van der Waals surface area contributed by atoms with Crippen molar-refractivity contribution >= 4 is 23.0 Å². The molecule has 2 aromatic rings. The van der Waals surface area contributed by atoms with E-state index in [4.69, 9.17) is 4.74 Å². The fourth-order valence-electron chi connectivity index (χ4n) is 3.32. The van der Waals surface area contributed by atoms with Gasteiger partial charge in [-0.15, -0.1) is 0 Å². The topological polar surface area (TPSA) is 84.7 Å². The van der Waals surface area contributed by atoms with Crippen LogP contribution in [-0.2, 0) is 6.18 Å². The molecule has 1 N–H and O–H groups in total. The summed E-state index contributed by atoms with van der Waals surface area (Å²) in [5.74, 6) is -0.701. The fourth-order valence-corrected chi connectivity index (χ4v) is 3.32. The predicted molar refractivity (Wildman–Crippen MR) is 105 cm³/mol. The van der Waals surface area contributed by atoms with Gasteiger partial charge < -0.3 is 15.0 Å².